The molecule has 3 rings (SSSR count). The number of hydrogen-bond donors (Lipinski definition) is 2. The Kier molecular flexibility index (Phi) is 6.28. The molecule has 10 heteroatoms. The number of aromatic nitrogens is 2. The number of nitrogens with one attached hydrogen (secondary N) is 2. The molecule has 9 nitrogen and oxygen atoms in total. The van der Waals surface area contributed by atoms with Gasteiger partial charge in [-0.25, -0.2) is 13.1 Å². The van der Waals surface area contributed by atoms with Gasteiger partial charge in [-0.3, -0.25) is 19.5 Å². The van der Waals surface area contributed by atoms with Crippen molar-refractivity contribution in [3.8, 4) is 0 Å². The van der Waals surface area contributed by atoms with Crippen LogP contribution in [0.5, 0.6) is 0 Å². The number of rotatable bonds is 7. The van der Waals surface area contributed by atoms with Crippen LogP contribution >= 0.6 is 0 Å². The molecule has 1 amide bonds. The summed E-state index contributed by atoms with van der Waals surface area (Å²) in [4.78, 5) is 35.1. The van der Waals surface area contributed by atoms with Crippen LogP contribution in [-0.4, -0.2) is 35.5 Å². The van der Waals surface area contributed by atoms with Gasteiger partial charge in [0.15, 0.2) is 0 Å². The van der Waals surface area contributed by atoms with Gasteiger partial charge in [0.2, 0.25) is 15.9 Å². The second-order valence-electron chi connectivity index (χ2n) is 6.55. The largest absolute Gasteiger partial charge is 0.324 e. The number of amides is 1. The van der Waals surface area contributed by atoms with E-state index >= 15 is 0 Å². The molecule has 2 aromatic carbocycles. The molecule has 0 unspecified atom stereocenters. The predicted molar refractivity (Wildman–Crippen MR) is 111 cm³/mol. The van der Waals surface area contributed by atoms with Crippen molar-refractivity contribution in [1.82, 2.24) is 14.1 Å². The highest BCUT2D eigenvalue weighted by Crippen LogP contribution is 2.19. The normalized spacial score (nSPS) is 11.4. The summed E-state index contributed by atoms with van der Waals surface area (Å²) in [5.74, 6) is -0.546. The van der Waals surface area contributed by atoms with Gasteiger partial charge >= 0.3 is 0 Å². The average Bonchev–Trinajstić information content (AvgIpc) is 2.72. The molecule has 0 aliphatic rings. The lowest BCUT2D eigenvalue weighted by molar-refractivity contribution is -0.117. The van der Waals surface area contributed by atoms with Crippen LogP contribution in [0.15, 0.2) is 81.2 Å². The van der Waals surface area contributed by atoms with Crippen LogP contribution in [0.1, 0.15) is 5.56 Å². The Morgan fingerprint density at radius 2 is 1.67 bits per heavy atom. The summed E-state index contributed by atoms with van der Waals surface area (Å²) in [6, 6.07) is 17.1. The number of anilines is 1. The molecule has 156 valence electrons. The van der Waals surface area contributed by atoms with Crippen molar-refractivity contribution < 1.29 is 13.2 Å². The highest BCUT2D eigenvalue weighted by Gasteiger charge is 2.21. The fourth-order valence-corrected chi connectivity index (χ4v) is 3.90. The van der Waals surface area contributed by atoms with E-state index in [0.717, 1.165) is 22.4 Å². The molecule has 0 spiro atoms. The molecule has 0 saturated carbocycles. The van der Waals surface area contributed by atoms with Crippen molar-refractivity contribution in [2.45, 2.75) is 18.0 Å². The Labute approximate surface area is 172 Å². The standard InChI is InChI=1S/C20H20N4O5S/c1-23(13-15-5-3-2-4-6-15)30(28,29)17-9-7-16(8-10-17)21-19(26)14-24-20(27)12-11-18(25)22-24/h2-12H,13-14H2,1H3,(H,21,26)(H,22,25). The maximum atomic E-state index is 12.7. The van der Waals surface area contributed by atoms with E-state index in [-0.39, 0.29) is 18.0 Å². The van der Waals surface area contributed by atoms with E-state index < -0.39 is 27.0 Å². The van der Waals surface area contributed by atoms with Crippen LogP contribution in [0, 0.1) is 0 Å². The van der Waals surface area contributed by atoms with E-state index in [2.05, 4.69) is 10.4 Å². The molecule has 30 heavy (non-hydrogen) atoms. The van der Waals surface area contributed by atoms with Gasteiger partial charge in [-0.15, -0.1) is 0 Å². The number of benzene rings is 2. The second kappa shape index (κ2) is 8.89. The first-order valence-corrected chi connectivity index (χ1v) is 10.4. The lowest BCUT2D eigenvalue weighted by Crippen LogP contribution is -2.32. The Morgan fingerprint density at radius 1 is 1.00 bits per heavy atom. The molecule has 1 heterocycles. The van der Waals surface area contributed by atoms with E-state index in [9.17, 15) is 22.8 Å². The van der Waals surface area contributed by atoms with E-state index in [1.165, 1.54) is 35.6 Å². The second-order valence-corrected chi connectivity index (χ2v) is 8.60. The van der Waals surface area contributed by atoms with Crippen molar-refractivity contribution in [2.75, 3.05) is 12.4 Å². The molecule has 1 aromatic heterocycles. The maximum Gasteiger partial charge on any atom is 0.265 e. The van der Waals surface area contributed by atoms with Crippen molar-refractivity contribution in [2.24, 2.45) is 0 Å². The monoisotopic (exact) mass is 428 g/mol. The highest BCUT2D eigenvalue weighted by molar-refractivity contribution is 7.89. The fourth-order valence-electron chi connectivity index (χ4n) is 2.74. The Bertz CT molecular complexity index is 1250. The SMILES string of the molecule is CN(Cc1ccccc1)S(=O)(=O)c1ccc(NC(=O)Cn2[nH]c(=O)ccc2=O)cc1. The van der Waals surface area contributed by atoms with Crippen LogP contribution in [0.25, 0.3) is 0 Å². The van der Waals surface area contributed by atoms with Gasteiger partial charge in [0.25, 0.3) is 11.1 Å². The fraction of sp³-hybridized carbons (Fsp3) is 0.150. The lowest BCUT2D eigenvalue weighted by atomic mass is 10.2. The molecule has 0 saturated heterocycles. The molecule has 0 fully saturated rings. The Hall–Kier alpha value is -3.50. The van der Waals surface area contributed by atoms with Crippen LogP contribution in [0.3, 0.4) is 0 Å². The molecule has 0 aliphatic carbocycles. The first kappa shape index (κ1) is 21.2. The van der Waals surface area contributed by atoms with E-state index in [4.69, 9.17) is 0 Å². The van der Waals surface area contributed by atoms with Gasteiger partial charge in [-0.05, 0) is 29.8 Å². The first-order valence-electron chi connectivity index (χ1n) is 8.96. The summed E-state index contributed by atoms with van der Waals surface area (Å²) in [6.07, 6.45) is 0. The molecular weight excluding hydrogens is 408 g/mol. The number of hydrogen-bond acceptors (Lipinski definition) is 5. The third-order valence-electron chi connectivity index (χ3n) is 4.28. The summed E-state index contributed by atoms with van der Waals surface area (Å²) < 4.78 is 27.6. The Balaban J connectivity index is 1.67. The van der Waals surface area contributed by atoms with Crippen molar-refractivity contribution >= 4 is 21.6 Å². The van der Waals surface area contributed by atoms with Crippen molar-refractivity contribution in [3.63, 3.8) is 0 Å². The van der Waals surface area contributed by atoms with Crippen LogP contribution in [0.4, 0.5) is 5.69 Å². The van der Waals surface area contributed by atoms with E-state index in [0.29, 0.717) is 5.69 Å². The van der Waals surface area contributed by atoms with Gasteiger partial charge < -0.3 is 5.32 Å². The summed E-state index contributed by atoms with van der Waals surface area (Å²) in [6.45, 7) is -0.152. The van der Waals surface area contributed by atoms with Gasteiger partial charge in [0.1, 0.15) is 6.54 Å². The lowest BCUT2D eigenvalue weighted by Gasteiger charge is -2.17. The highest BCUT2D eigenvalue weighted by atomic mass is 32.2. The zero-order valence-electron chi connectivity index (χ0n) is 16.1. The Morgan fingerprint density at radius 3 is 2.33 bits per heavy atom. The van der Waals surface area contributed by atoms with Crippen LogP contribution in [-0.2, 0) is 27.9 Å². The van der Waals surface area contributed by atoms with Crippen LogP contribution in [0.2, 0.25) is 0 Å². The van der Waals surface area contributed by atoms with Crippen LogP contribution < -0.4 is 16.4 Å². The molecule has 3 aromatic rings. The molecular formula is C20H20N4O5S. The average molecular weight is 428 g/mol. The van der Waals surface area contributed by atoms with E-state index in [1.807, 2.05) is 30.3 Å². The van der Waals surface area contributed by atoms with Gasteiger partial charge in [0, 0.05) is 31.4 Å². The van der Waals surface area contributed by atoms with Gasteiger partial charge in [-0.2, -0.15) is 4.31 Å². The summed E-state index contributed by atoms with van der Waals surface area (Å²) in [5, 5.41) is 4.81. The number of aromatic amines is 1. The summed E-state index contributed by atoms with van der Waals surface area (Å²) in [7, 11) is -2.21. The topological polar surface area (TPSA) is 121 Å². The van der Waals surface area contributed by atoms with Gasteiger partial charge in [-0.1, -0.05) is 30.3 Å². The third-order valence-corrected chi connectivity index (χ3v) is 6.10. The zero-order valence-corrected chi connectivity index (χ0v) is 16.9. The minimum atomic E-state index is -3.71. The third kappa shape index (κ3) is 5.10. The molecule has 0 aliphatic heterocycles. The number of sulfonamides is 1. The molecule has 0 radical (unpaired) electrons. The molecule has 0 atom stereocenters. The van der Waals surface area contributed by atoms with Crippen molar-refractivity contribution in [1.29, 1.82) is 0 Å². The summed E-state index contributed by atoms with van der Waals surface area (Å²) >= 11 is 0. The number of H-pyrrole nitrogens is 1. The van der Waals surface area contributed by atoms with Gasteiger partial charge in [0.05, 0.1) is 4.90 Å². The summed E-state index contributed by atoms with van der Waals surface area (Å²) in [5.41, 5.74) is 0.196. The number of carbonyl (C=O) groups excluding carboxylic acids is 1. The number of nitrogens with zero attached hydrogens (tertiary/aromatic N) is 2. The quantitative estimate of drug-likeness (QED) is 0.581. The molecule has 2 N–H and O–H groups in total. The maximum absolute atomic E-state index is 12.7. The minimum absolute atomic E-state index is 0.0857. The molecule has 0 bridgehead atoms. The first-order chi connectivity index (χ1) is 14.3. The minimum Gasteiger partial charge on any atom is -0.324 e. The predicted octanol–water partition coefficient (Wildman–Crippen LogP) is 0.996. The zero-order chi connectivity index (χ0) is 21.7. The van der Waals surface area contributed by atoms with Crippen molar-refractivity contribution in [3.05, 3.63) is 93.0 Å². The smallest absolute Gasteiger partial charge is 0.265 e. The number of carbonyl (C=O) groups is 1. The van der Waals surface area contributed by atoms with E-state index in [1.54, 1.807) is 0 Å².